The van der Waals surface area contributed by atoms with E-state index in [1.54, 1.807) is 20.8 Å². The molecule has 0 bridgehead atoms. The predicted octanol–water partition coefficient (Wildman–Crippen LogP) is 4.12. The van der Waals surface area contributed by atoms with Crippen LogP contribution in [0.15, 0.2) is 51.9 Å². The molecule has 3 aromatic rings. The first-order valence-electron chi connectivity index (χ1n) is 9.67. The number of nitrogens with zero attached hydrogens (tertiary/aromatic N) is 1. The molecule has 0 saturated carbocycles. The highest BCUT2D eigenvalue weighted by Crippen LogP contribution is 2.23. The fourth-order valence-electron chi connectivity index (χ4n) is 2.83. The maximum Gasteiger partial charge on any atom is 0.265 e. The van der Waals surface area contributed by atoms with E-state index in [1.165, 1.54) is 24.3 Å². The van der Waals surface area contributed by atoms with Crippen LogP contribution in [0.2, 0.25) is 0 Å². The summed E-state index contributed by atoms with van der Waals surface area (Å²) in [6, 6.07) is 11.5. The summed E-state index contributed by atoms with van der Waals surface area (Å²) in [6.07, 6.45) is -0.732. The van der Waals surface area contributed by atoms with Crippen LogP contribution in [0.3, 0.4) is 0 Å². The number of nitrogens with one attached hydrogen (secondary N) is 2. The molecule has 1 unspecified atom stereocenters. The van der Waals surface area contributed by atoms with E-state index in [0.29, 0.717) is 22.7 Å². The second-order valence-electron chi connectivity index (χ2n) is 7.37. The molecule has 1 heterocycles. The summed E-state index contributed by atoms with van der Waals surface area (Å²) in [5.41, 5.74) is 3.73. The third kappa shape index (κ3) is 5.24. The molecule has 0 aliphatic heterocycles. The van der Waals surface area contributed by atoms with Crippen LogP contribution >= 0.6 is 0 Å². The van der Waals surface area contributed by atoms with Crippen molar-refractivity contribution in [3.8, 4) is 5.75 Å². The van der Waals surface area contributed by atoms with Gasteiger partial charge in [-0.2, -0.15) is 0 Å². The minimum Gasteiger partial charge on any atom is -0.481 e. The van der Waals surface area contributed by atoms with Gasteiger partial charge in [0.15, 0.2) is 6.10 Å². The van der Waals surface area contributed by atoms with Crippen molar-refractivity contribution < 1.29 is 22.5 Å². The van der Waals surface area contributed by atoms with E-state index in [0.717, 1.165) is 11.1 Å². The molecule has 164 valence electrons. The summed E-state index contributed by atoms with van der Waals surface area (Å²) >= 11 is 0. The van der Waals surface area contributed by atoms with Gasteiger partial charge in [-0.15, -0.1) is 0 Å². The van der Waals surface area contributed by atoms with Crippen LogP contribution in [0.1, 0.15) is 29.3 Å². The molecule has 0 spiro atoms. The molecule has 31 heavy (non-hydrogen) atoms. The zero-order valence-electron chi connectivity index (χ0n) is 18.0. The molecule has 9 heteroatoms. The highest BCUT2D eigenvalue weighted by molar-refractivity contribution is 7.92. The summed E-state index contributed by atoms with van der Waals surface area (Å²) in [5.74, 6) is 0.368. The summed E-state index contributed by atoms with van der Waals surface area (Å²) < 4.78 is 38.3. The Morgan fingerprint density at radius 1 is 1.06 bits per heavy atom. The van der Waals surface area contributed by atoms with Crippen LogP contribution in [0.4, 0.5) is 11.6 Å². The number of hydrogen-bond donors (Lipinski definition) is 2. The Morgan fingerprint density at radius 3 is 2.32 bits per heavy atom. The number of rotatable bonds is 7. The van der Waals surface area contributed by atoms with Crippen molar-refractivity contribution in [2.24, 2.45) is 0 Å². The van der Waals surface area contributed by atoms with Crippen LogP contribution in [0.25, 0.3) is 0 Å². The number of aryl methyl sites for hydroxylation is 3. The number of sulfonamides is 1. The topological polar surface area (TPSA) is 111 Å². The van der Waals surface area contributed by atoms with Gasteiger partial charge in [-0.3, -0.25) is 4.79 Å². The lowest BCUT2D eigenvalue weighted by Crippen LogP contribution is -2.30. The third-order valence-electron chi connectivity index (χ3n) is 4.82. The average molecular weight is 444 g/mol. The molecule has 0 fully saturated rings. The van der Waals surface area contributed by atoms with Gasteiger partial charge in [-0.25, -0.2) is 13.1 Å². The van der Waals surface area contributed by atoms with Crippen molar-refractivity contribution in [1.29, 1.82) is 0 Å². The van der Waals surface area contributed by atoms with Crippen LogP contribution in [0, 0.1) is 27.7 Å². The van der Waals surface area contributed by atoms with Crippen molar-refractivity contribution in [3.05, 3.63) is 64.8 Å². The first-order chi connectivity index (χ1) is 14.6. The molecule has 1 aromatic heterocycles. The lowest BCUT2D eigenvalue weighted by molar-refractivity contribution is -0.122. The van der Waals surface area contributed by atoms with Gasteiger partial charge >= 0.3 is 0 Å². The van der Waals surface area contributed by atoms with Crippen LogP contribution in [0.5, 0.6) is 5.75 Å². The van der Waals surface area contributed by atoms with Gasteiger partial charge in [0.1, 0.15) is 5.75 Å². The summed E-state index contributed by atoms with van der Waals surface area (Å²) in [4.78, 5) is 12.5. The molecule has 0 radical (unpaired) electrons. The molecule has 2 N–H and O–H groups in total. The maximum atomic E-state index is 12.6. The second-order valence-corrected chi connectivity index (χ2v) is 9.05. The standard InChI is InChI=1S/C22H25N3O5S/c1-13-6-11-20(14(2)12-13)29-17(5)21(26)23-18-7-9-19(10-8-18)31(27,28)25-22-15(3)16(4)24-30-22/h6-12,17,25H,1-5H3,(H,23,26). The summed E-state index contributed by atoms with van der Waals surface area (Å²) in [6.45, 7) is 8.99. The monoisotopic (exact) mass is 443 g/mol. The van der Waals surface area contributed by atoms with Gasteiger partial charge in [-0.05, 0) is 70.5 Å². The van der Waals surface area contributed by atoms with Gasteiger partial charge in [0.05, 0.1) is 10.6 Å². The van der Waals surface area contributed by atoms with Crippen molar-refractivity contribution in [1.82, 2.24) is 5.16 Å². The van der Waals surface area contributed by atoms with Gasteiger partial charge in [-0.1, -0.05) is 22.9 Å². The fraction of sp³-hybridized carbons (Fsp3) is 0.273. The van der Waals surface area contributed by atoms with E-state index in [2.05, 4.69) is 15.2 Å². The molecule has 0 aliphatic carbocycles. The number of amides is 1. The van der Waals surface area contributed by atoms with Crippen molar-refractivity contribution in [2.45, 2.75) is 45.6 Å². The predicted molar refractivity (Wildman–Crippen MR) is 118 cm³/mol. The molecule has 0 saturated heterocycles. The van der Waals surface area contributed by atoms with E-state index >= 15 is 0 Å². The van der Waals surface area contributed by atoms with Gasteiger partial charge in [0, 0.05) is 11.3 Å². The average Bonchev–Trinajstić information content (AvgIpc) is 3.02. The van der Waals surface area contributed by atoms with E-state index in [1.807, 2.05) is 32.0 Å². The minimum absolute atomic E-state index is 0.0264. The quantitative estimate of drug-likeness (QED) is 0.568. The highest BCUT2D eigenvalue weighted by atomic mass is 32.2. The van der Waals surface area contributed by atoms with Crippen molar-refractivity contribution >= 4 is 27.5 Å². The minimum atomic E-state index is -3.85. The van der Waals surface area contributed by atoms with Crippen LogP contribution in [-0.2, 0) is 14.8 Å². The van der Waals surface area contributed by atoms with Crippen LogP contribution in [-0.4, -0.2) is 25.6 Å². The Kier molecular flexibility index (Phi) is 6.35. The molecular weight excluding hydrogens is 418 g/mol. The van der Waals surface area contributed by atoms with E-state index in [4.69, 9.17) is 9.26 Å². The normalized spacial score (nSPS) is 12.3. The number of carbonyl (C=O) groups is 1. The van der Waals surface area contributed by atoms with Crippen molar-refractivity contribution in [3.63, 3.8) is 0 Å². The molecule has 8 nitrogen and oxygen atoms in total. The molecular formula is C22H25N3O5S. The van der Waals surface area contributed by atoms with Gasteiger partial charge in [0.2, 0.25) is 5.88 Å². The maximum absolute atomic E-state index is 12.6. The van der Waals surface area contributed by atoms with E-state index in [9.17, 15) is 13.2 Å². The number of aromatic nitrogens is 1. The van der Waals surface area contributed by atoms with Crippen molar-refractivity contribution in [2.75, 3.05) is 10.0 Å². The third-order valence-corrected chi connectivity index (χ3v) is 6.17. The Balaban J connectivity index is 1.65. The Hall–Kier alpha value is -3.33. The number of anilines is 2. The Labute approximate surface area is 181 Å². The first kappa shape index (κ1) is 22.4. The largest absolute Gasteiger partial charge is 0.481 e. The number of ether oxygens (including phenoxy) is 1. The Bertz CT molecular complexity index is 1200. The van der Waals surface area contributed by atoms with Gasteiger partial charge < -0.3 is 14.6 Å². The molecule has 2 aromatic carbocycles. The highest BCUT2D eigenvalue weighted by Gasteiger charge is 2.20. The zero-order chi connectivity index (χ0) is 22.8. The second kappa shape index (κ2) is 8.81. The molecule has 1 amide bonds. The van der Waals surface area contributed by atoms with Gasteiger partial charge in [0.25, 0.3) is 15.9 Å². The smallest absolute Gasteiger partial charge is 0.265 e. The number of hydrogen-bond acceptors (Lipinski definition) is 6. The SMILES string of the molecule is Cc1ccc(OC(C)C(=O)Nc2ccc(S(=O)(=O)Nc3onc(C)c3C)cc2)c(C)c1. The zero-order valence-corrected chi connectivity index (χ0v) is 18.8. The van der Waals surface area contributed by atoms with E-state index in [-0.39, 0.29) is 16.7 Å². The number of carbonyl (C=O) groups excluding carboxylic acids is 1. The van der Waals surface area contributed by atoms with Crippen LogP contribution < -0.4 is 14.8 Å². The fourth-order valence-corrected chi connectivity index (χ4v) is 3.87. The molecule has 3 rings (SSSR count). The summed E-state index contributed by atoms with van der Waals surface area (Å²) in [7, 11) is -3.85. The first-order valence-corrected chi connectivity index (χ1v) is 11.2. The molecule has 1 atom stereocenters. The summed E-state index contributed by atoms with van der Waals surface area (Å²) in [5, 5.41) is 6.46. The lowest BCUT2D eigenvalue weighted by Gasteiger charge is -2.16. The number of benzene rings is 2. The lowest BCUT2D eigenvalue weighted by atomic mass is 10.1. The molecule has 0 aliphatic rings. The Morgan fingerprint density at radius 2 is 1.74 bits per heavy atom. The van der Waals surface area contributed by atoms with E-state index < -0.39 is 16.1 Å².